The minimum atomic E-state index is -0.787. The molecule has 1 aromatic heterocycles. The summed E-state index contributed by atoms with van der Waals surface area (Å²) in [7, 11) is 3.76. The number of carboxylic acids is 1. The normalized spacial score (nSPS) is 14.9. The van der Waals surface area contributed by atoms with Gasteiger partial charge in [0.05, 0.1) is 5.92 Å². The Morgan fingerprint density at radius 2 is 1.93 bits per heavy atom. The van der Waals surface area contributed by atoms with Crippen LogP contribution in [0.3, 0.4) is 0 Å². The van der Waals surface area contributed by atoms with E-state index >= 15 is 0 Å². The molecule has 0 aliphatic carbocycles. The largest absolute Gasteiger partial charge is 0.481 e. The van der Waals surface area contributed by atoms with Crippen molar-refractivity contribution in [2.45, 2.75) is 13.0 Å². The average molecular weight is 208 g/mol. The van der Waals surface area contributed by atoms with E-state index in [2.05, 4.69) is 4.98 Å². The maximum atomic E-state index is 11.0. The van der Waals surface area contributed by atoms with Gasteiger partial charge in [-0.3, -0.25) is 9.78 Å². The predicted molar refractivity (Wildman–Crippen MR) is 57.5 cm³/mol. The van der Waals surface area contributed by atoms with Gasteiger partial charge in [-0.1, -0.05) is 6.92 Å². The van der Waals surface area contributed by atoms with E-state index in [-0.39, 0.29) is 6.04 Å². The third-order valence-corrected chi connectivity index (χ3v) is 2.47. The molecule has 0 spiro atoms. The molecule has 0 amide bonds. The van der Waals surface area contributed by atoms with E-state index in [1.807, 2.05) is 31.1 Å². The number of nitrogens with zero attached hydrogens (tertiary/aromatic N) is 2. The van der Waals surface area contributed by atoms with Crippen LogP contribution in [0.4, 0.5) is 0 Å². The zero-order valence-electron chi connectivity index (χ0n) is 9.21. The number of rotatable bonds is 4. The molecule has 0 saturated heterocycles. The summed E-state index contributed by atoms with van der Waals surface area (Å²) in [5.41, 5.74) is 0.977. The number of hydrogen-bond donors (Lipinski definition) is 1. The predicted octanol–water partition coefficient (Wildman–Crippen LogP) is 1.40. The topological polar surface area (TPSA) is 53.4 Å². The second-order valence-corrected chi connectivity index (χ2v) is 3.82. The average Bonchev–Trinajstić information content (AvgIpc) is 2.18. The minimum absolute atomic E-state index is 0.120. The van der Waals surface area contributed by atoms with Crippen molar-refractivity contribution in [3.63, 3.8) is 0 Å². The Morgan fingerprint density at radius 3 is 2.33 bits per heavy atom. The van der Waals surface area contributed by atoms with Crippen molar-refractivity contribution in [2.24, 2.45) is 5.92 Å². The van der Waals surface area contributed by atoms with Crippen molar-refractivity contribution in [1.29, 1.82) is 0 Å². The molecule has 1 heterocycles. The van der Waals surface area contributed by atoms with E-state index < -0.39 is 11.9 Å². The first-order chi connectivity index (χ1) is 7.04. The van der Waals surface area contributed by atoms with E-state index in [1.165, 1.54) is 0 Å². The summed E-state index contributed by atoms with van der Waals surface area (Å²) in [6.45, 7) is 1.72. The molecular formula is C11H16N2O2. The van der Waals surface area contributed by atoms with Crippen molar-refractivity contribution in [3.8, 4) is 0 Å². The maximum Gasteiger partial charge on any atom is 0.308 e. The molecule has 4 nitrogen and oxygen atoms in total. The summed E-state index contributed by atoms with van der Waals surface area (Å²) in [5, 5.41) is 9.02. The molecule has 0 bridgehead atoms. The molecule has 0 saturated carbocycles. The van der Waals surface area contributed by atoms with E-state index in [0.717, 1.165) is 5.56 Å². The molecule has 0 radical (unpaired) electrons. The molecule has 15 heavy (non-hydrogen) atoms. The van der Waals surface area contributed by atoms with Crippen LogP contribution in [0, 0.1) is 5.92 Å². The number of carboxylic acid groups (broad SMARTS) is 1. The molecule has 0 fully saturated rings. The van der Waals surface area contributed by atoms with Crippen LogP contribution in [0.15, 0.2) is 24.5 Å². The third kappa shape index (κ3) is 2.76. The molecule has 0 aliphatic heterocycles. The number of carbonyl (C=O) groups is 1. The van der Waals surface area contributed by atoms with Crippen LogP contribution in [-0.4, -0.2) is 35.1 Å². The van der Waals surface area contributed by atoms with Gasteiger partial charge in [-0.15, -0.1) is 0 Å². The Hall–Kier alpha value is -1.42. The van der Waals surface area contributed by atoms with Crippen LogP contribution >= 0.6 is 0 Å². The molecule has 82 valence electrons. The first kappa shape index (κ1) is 11.7. The maximum absolute atomic E-state index is 11.0. The SMILES string of the molecule is CC(C(=O)O)C(c1ccncc1)N(C)C. The van der Waals surface area contributed by atoms with Gasteiger partial charge < -0.3 is 10.0 Å². The Bertz CT molecular complexity index is 325. The van der Waals surface area contributed by atoms with E-state index in [1.54, 1.807) is 19.3 Å². The van der Waals surface area contributed by atoms with E-state index in [0.29, 0.717) is 0 Å². The minimum Gasteiger partial charge on any atom is -0.481 e. The van der Waals surface area contributed by atoms with Crippen molar-refractivity contribution in [1.82, 2.24) is 9.88 Å². The first-order valence-corrected chi connectivity index (χ1v) is 4.83. The highest BCUT2D eigenvalue weighted by molar-refractivity contribution is 5.70. The summed E-state index contributed by atoms with van der Waals surface area (Å²) < 4.78 is 0. The molecule has 0 aromatic carbocycles. The number of pyridine rings is 1. The standard InChI is InChI=1S/C11H16N2O2/c1-8(11(14)15)10(13(2)3)9-4-6-12-7-5-9/h4-8,10H,1-3H3,(H,14,15). The Kier molecular flexibility index (Phi) is 3.80. The van der Waals surface area contributed by atoms with Gasteiger partial charge in [-0.2, -0.15) is 0 Å². The highest BCUT2D eigenvalue weighted by Crippen LogP contribution is 2.26. The lowest BCUT2D eigenvalue weighted by molar-refractivity contribution is -0.143. The third-order valence-electron chi connectivity index (χ3n) is 2.47. The summed E-state index contributed by atoms with van der Waals surface area (Å²) >= 11 is 0. The number of hydrogen-bond acceptors (Lipinski definition) is 3. The van der Waals surface area contributed by atoms with Crippen LogP contribution in [0.1, 0.15) is 18.5 Å². The van der Waals surface area contributed by atoms with Crippen LogP contribution in [-0.2, 0) is 4.79 Å². The van der Waals surface area contributed by atoms with Crippen LogP contribution in [0.5, 0.6) is 0 Å². The van der Waals surface area contributed by atoms with Crippen LogP contribution in [0.2, 0.25) is 0 Å². The molecule has 1 aromatic rings. The fraction of sp³-hybridized carbons (Fsp3) is 0.455. The molecule has 2 unspecified atom stereocenters. The molecular weight excluding hydrogens is 192 g/mol. The summed E-state index contributed by atoms with van der Waals surface area (Å²) in [6, 6.07) is 3.58. The van der Waals surface area contributed by atoms with Gasteiger partial charge in [0.2, 0.25) is 0 Å². The van der Waals surface area contributed by atoms with Gasteiger partial charge in [0.1, 0.15) is 0 Å². The second-order valence-electron chi connectivity index (χ2n) is 3.82. The van der Waals surface area contributed by atoms with Gasteiger partial charge in [0, 0.05) is 18.4 Å². The fourth-order valence-corrected chi connectivity index (χ4v) is 1.73. The Labute approximate surface area is 89.6 Å². The fourth-order valence-electron chi connectivity index (χ4n) is 1.73. The number of aromatic nitrogens is 1. The van der Waals surface area contributed by atoms with Gasteiger partial charge in [0.25, 0.3) is 0 Å². The molecule has 0 aliphatic rings. The van der Waals surface area contributed by atoms with Crippen LogP contribution < -0.4 is 0 Å². The van der Waals surface area contributed by atoms with Gasteiger partial charge in [0.15, 0.2) is 0 Å². The first-order valence-electron chi connectivity index (χ1n) is 4.83. The molecule has 2 atom stereocenters. The lowest BCUT2D eigenvalue weighted by Gasteiger charge is -2.27. The lowest BCUT2D eigenvalue weighted by atomic mass is 9.94. The van der Waals surface area contributed by atoms with Crippen molar-refractivity contribution in [2.75, 3.05) is 14.1 Å². The zero-order valence-corrected chi connectivity index (χ0v) is 9.21. The van der Waals surface area contributed by atoms with E-state index in [4.69, 9.17) is 5.11 Å². The van der Waals surface area contributed by atoms with Gasteiger partial charge >= 0.3 is 5.97 Å². The Morgan fingerprint density at radius 1 is 1.40 bits per heavy atom. The van der Waals surface area contributed by atoms with Crippen molar-refractivity contribution < 1.29 is 9.90 Å². The quantitative estimate of drug-likeness (QED) is 0.812. The van der Waals surface area contributed by atoms with Crippen molar-refractivity contribution in [3.05, 3.63) is 30.1 Å². The highest BCUT2D eigenvalue weighted by Gasteiger charge is 2.26. The number of aliphatic carboxylic acids is 1. The van der Waals surface area contributed by atoms with Crippen LogP contribution in [0.25, 0.3) is 0 Å². The lowest BCUT2D eigenvalue weighted by Crippen LogP contribution is -2.30. The van der Waals surface area contributed by atoms with E-state index in [9.17, 15) is 4.79 Å². The summed E-state index contributed by atoms with van der Waals surface area (Å²) in [5.74, 6) is -1.23. The Balaban J connectivity index is 2.99. The molecule has 4 heteroatoms. The second kappa shape index (κ2) is 4.89. The molecule has 1 rings (SSSR count). The monoisotopic (exact) mass is 208 g/mol. The highest BCUT2D eigenvalue weighted by atomic mass is 16.4. The van der Waals surface area contributed by atoms with Gasteiger partial charge in [-0.25, -0.2) is 0 Å². The zero-order chi connectivity index (χ0) is 11.4. The van der Waals surface area contributed by atoms with Crippen molar-refractivity contribution >= 4 is 5.97 Å². The smallest absolute Gasteiger partial charge is 0.308 e. The van der Waals surface area contributed by atoms with Gasteiger partial charge in [-0.05, 0) is 31.8 Å². The molecule has 1 N–H and O–H groups in total. The summed E-state index contributed by atoms with van der Waals surface area (Å²) in [4.78, 5) is 16.8. The summed E-state index contributed by atoms with van der Waals surface area (Å²) in [6.07, 6.45) is 3.36.